The maximum atomic E-state index is 14.2. The molecule has 0 spiro atoms. The third-order valence-corrected chi connectivity index (χ3v) is 5.12. The average molecular weight is 402 g/mol. The fourth-order valence-corrected chi connectivity index (χ4v) is 3.75. The molecular formula is C16H9BrFN5S. The molecule has 0 saturated heterocycles. The fourth-order valence-electron chi connectivity index (χ4n) is 2.56. The maximum Gasteiger partial charge on any atom is 0.209 e. The van der Waals surface area contributed by atoms with Gasteiger partial charge >= 0.3 is 0 Å². The standard InChI is InChI=1S/C16H9BrFN5S/c17-12-7-21-16(23-8-9(5-19)22-15(12)23)20-6-11-10-3-4-24-14(10)2-1-13(11)18/h1-4,7-8H,6H2,(H,20,21). The molecule has 0 aliphatic heterocycles. The molecule has 0 aliphatic carbocycles. The predicted octanol–water partition coefficient (Wildman–Crippen LogP) is 4.33. The summed E-state index contributed by atoms with van der Waals surface area (Å²) in [6.45, 7) is 0.281. The molecule has 3 heterocycles. The van der Waals surface area contributed by atoms with Gasteiger partial charge in [0.15, 0.2) is 11.3 Å². The van der Waals surface area contributed by atoms with Gasteiger partial charge in [-0.3, -0.25) is 4.40 Å². The van der Waals surface area contributed by atoms with Crippen molar-refractivity contribution < 1.29 is 4.39 Å². The lowest BCUT2D eigenvalue weighted by Crippen LogP contribution is -2.07. The molecule has 0 unspecified atom stereocenters. The number of rotatable bonds is 3. The summed E-state index contributed by atoms with van der Waals surface area (Å²) in [4.78, 5) is 8.51. The lowest BCUT2D eigenvalue weighted by atomic mass is 10.1. The minimum absolute atomic E-state index is 0.259. The molecule has 0 radical (unpaired) electrons. The molecule has 4 aromatic rings. The zero-order valence-corrected chi connectivity index (χ0v) is 14.5. The number of nitriles is 1. The zero-order valence-electron chi connectivity index (χ0n) is 12.1. The number of anilines is 1. The second-order valence-electron chi connectivity index (χ2n) is 5.07. The summed E-state index contributed by atoms with van der Waals surface area (Å²) in [5, 5.41) is 15.0. The van der Waals surface area contributed by atoms with Crippen LogP contribution < -0.4 is 5.32 Å². The molecule has 0 amide bonds. The van der Waals surface area contributed by atoms with Crippen molar-refractivity contribution >= 4 is 48.9 Å². The van der Waals surface area contributed by atoms with E-state index in [4.69, 9.17) is 5.26 Å². The van der Waals surface area contributed by atoms with E-state index in [0.29, 0.717) is 21.6 Å². The predicted molar refractivity (Wildman–Crippen MR) is 94.5 cm³/mol. The first-order valence-corrected chi connectivity index (χ1v) is 8.67. The van der Waals surface area contributed by atoms with Crippen LogP contribution in [0.2, 0.25) is 0 Å². The molecule has 4 rings (SSSR count). The number of fused-ring (bicyclic) bond motifs is 2. The zero-order chi connectivity index (χ0) is 16.7. The molecule has 0 bridgehead atoms. The van der Waals surface area contributed by atoms with Gasteiger partial charge in [-0.1, -0.05) is 0 Å². The van der Waals surface area contributed by atoms with Crippen molar-refractivity contribution in [1.29, 1.82) is 5.26 Å². The summed E-state index contributed by atoms with van der Waals surface area (Å²) >= 11 is 4.94. The molecule has 118 valence electrons. The van der Waals surface area contributed by atoms with E-state index in [9.17, 15) is 4.39 Å². The van der Waals surface area contributed by atoms with Crippen LogP contribution in [0.4, 0.5) is 10.3 Å². The van der Waals surface area contributed by atoms with Crippen LogP contribution >= 0.6 is 27.3 Å². The number of hydrogen-bond donors (Lipinski definition) is 1. The van der Waals surface area contributed by atoms with Crippen molar-refractivity contribution in [2.45, 2.75) is 6.54 Å². The third-order valence-electron chi connectivity index (χ3n) is 3.68. The molecule has 0 aliphatic rings. The normalized spacial score (nSPS) is 11.0. The fraction of sp³-hybridized carbons (Fsp3) is 0.0625. The van der Waals surface area contributed by atoms with Crippen molar-refractivity contribution in [2.75, 3.05) is 5.32 Å². The number of nitrogens with zero attached hydrogens (tertiary/aromatic N) is 4. The third kappa shape index (κ3) is 2.42. The van der Waals surface area contributed by atoms with Crippen molar-refractivity contribution in [1.82, 2.24) is 14.4 Å². The van der Waals surface area contributed by atoms with Crippen molar-refractivity contribution in [3.63, 3.8) is 0 Å². The van der Waals surface area contributed by atoms with Crippen LogP contribution in [0.5, 0.6) is 0 Å². The van der Waals surface area contributed by atoms with E-state index in [-0.39, 0.29) is 18.1 Å². The Labute approximate surface area is 148 Å². The molecule has 1 N–H and O–H groups in total. The second-order valence-corrected chi connectivity index (χ2v) is 6.88. The van der Waals surface area contributed by atoms with E-state index in [1.165, 1.54) is 6.07 Å². The van der Waals surface area contributed by atoms with Crippen LogP contribution in [0.1, 0.15) is 11.3 Å². The average Bonchev–Trinajstić information content (AvgIpc) is 3.22. The Hall–Kier alpha value is -2.50. The van der Waals surface area contributed by atoms with Gasteiger partial charge in [-0.2, -0.15) is 5.26 Å². The SMILES string of the molecule is N#Cc1cn2c(NCc3c(F)ccc4sccc34)ncc(Br)c2n1. The van der Waals surface area contributed by atoms with E-state index in [2.05, 4.69) is 31.2 Å². The molecular weight excluding hydrogens is 393 g/mol. The highest BCUT2D eigenvalue weighted by Crippen LogP contribution is 2.27. The lowest BCUT2D eigenvalue weighted by molar-refractivity contribution is 0.615. The highest BCUT2D eigenvalue weighted by molar-refractivity contribution is 9.10. The van der Waals surface area contributed by atoms with E-state index >= 15 is 0 Å². The van der Waals surface area contributed by atoms with Gasteiger partial charge in [-0.05, 0) is 39.5 Å². The minimum Gasteiger partial charge on any atom is -0.351 e. The van der Waals surface area contributed by atoms with Crippen LogP contribution in [-0.4, -0.2) is 14.4 Å². The van der Waals surface area contributed by atoms with Gasteiger partial charge < -0.3 is 5.32 Å². The Morgan fingerprint density at radius 1 is 1.38 bits per heavy atom. The van der Waals surface area contributed by atoms with Gasteiger partial charge in [0.25, 0.3) is 0 Å². The highest BCUT2D eigenvalue weighted by atomic mass is 79.9. The van der Waals surface area contributed by atoms with E-state index in [1.54, 1.807) is 34.2 Å². The van der Waals surface area contributed by atoms with Crippen molar-refractivity contribution in [3.05, 3.63) is 57.5 Å². The molecule has 24 heavy (non-hydrogen) atoms. The number of benzene rings is 1. The van der Waals surface area contributed by atoms with Crippen LogP contribution in [0, 0.1) is 17.1 Å². The monoisotopic (exact) mass is 401 g/mol. The number of imidazole rings is 1. The Bertz CT molecular complexity index is 1110. The first kappa shape index (κ1) is 15.1. The quantitative estimate of drug-likeness (QED) is 0.554. The molecule has 0 fully saturated rings. The van der Waals surface area contributed by atoms with Crippen LogP contribution in [-0.2, 0) is 6.54 Å². The summed E-state index contributed by atoms with van der Waals surface area (Å²) in [7, 11) is 0. The van der Waals surface area contributed by atoms with E-state index in [1.807, 2.05) is 17.5 Å². The summed E-state index contributed by atoms with van der Waals surface area (Å²) in [6, 6.07) is 7.18. The minimum atomic E-state index is -0.259. The largest absolute Gasteiger partial charge is 0.351 e. The first-order chi connectivity index (χ1) is 11.7. The molecule has 5 nitrogen and oxygen atoms in total. The Balaban J connectivity index is 1.74. The molecule has 8 heteroatoms. The van der Waals surface area contributed by atoms with Crippen LogP contribution in [0.25, 0.3) is 15.7 Å². The van der Waals surface area contributed by atoms with Gasteiger partial charge in [0, 0.05) is 28.4 Å². The van der Waals surface area contributed by atoms with Gasteiger partial charge in [-0.25, -0.2) is 14.4 Å². The number of nitrogens with one attached hydrogen (secondary N) is 1. The molecule has 0 saturated carbocycles. The Morgan fingerprint density at radius 2 is 2.25 bits per heavy atom. The number of thiophene rings is 1. The highest BCUT2D eigenvalue weighted by Gasteiger charge is 2.12. The summed E-state index contributed by atoms with van der Waals surface area (Å²) in [6.07, 6.45) is 3.20. The topological polar surface area (TPSA) is 66.0 Å². The number of hydrogen-bond acceptors (Lipinski definition) is 5. The Kier molecular flexibility index (Phi) is 3.67. The second kappa shape index (κ2) is 5.85. The molecule has 3 aromatic heterocycles. The van der Waals surface area contributed by atoms with E-state index in [0.717, 1.165) is 10.1 Å². The molecule has 0 atom stereocenters. The summed E-state index contributed by atoms with van der Waals surface area (Å²) in [5.74, 6) is 0.235. The van der Waals surface area contributed by atoms with Crippen LogP contribution in [0.15, 0.2) is 40.4 Å². The number of halogens is 2. The lowest BCUT2D eigenvalue weighted by Gasteiger charge is -2.10. The summed E-state index contributed by atoms with van der Waals surface area (Å²) in [5.41, 5.74) is 1.46. The first-order valence-electron chi connectivity index (χ1n) is 6.99. The summed E-state index contributed by atoms with van der Waals surface area (Å²) < 4.78 is 17.6. The van der Waals surface area contributed by atoms with Crippen molar-refractivity contribution in [3.8, 4) is 6.07 Å². The maximum absolute atomic E-state index is 14.2. The van der Waals surface area contributed by atoms with Gasteiger partial charge in [0.2, 0.25) is 5.95 Å². The van der Waals surface area contributed by atoms with Gasteiger partial charge in [-0.15, -0.1) is 11.3 Å². The van der Waals surface area contributed by atoms with Gasteiger partial charge in [0.1, 0.15) is 11.9 Å². The number of aromatic nitrogens is 3. The molecule has 1 aromatic carbocycles. The smallest absolute Gasteiger partial charge is 0.209 e. The van der Waals surface area contributed by atoms with Gasteiger partial charge in [0.05, 0.1) is 10.7 Å². The van der Waals surface area contributed by atoms with E-state index < -0.39 is 0 Å². The Morgan fingerprint density at radius 3 is 3.08 bits per heavy atom. The van der Waals surface area contributed by atoms with Crippen LogP contribution in [0.3, 0.4) is 0 Å². The van der Waals surface area contributed by atoms with Crippen molar-refractivity contribution in [2.24, 2.45) is 0 Å².